The van der Waals surface area contributed by atoms with Gasteiger partial charge in [-0.1, -0.05) is 133 Å². The van der Waals surface area contributed by atoms with Crippen molar-refractivity contribution in [3.63, 3.8) is 0 Å². The first-order chi connectivity index (χ1) is 44.9. The van der Waals surface area contributed by atoms with Crippen LogP contribution in [0.25, 0.3) is 0 Å². The third-order valence-electron chi connectivity index (χ3n) is 14.5. The molecule has 4 atom stereocenters. The first kappa shape index (κ1) is 67.7. The van der Waals surface area contributed by atoms with Crippen LogP contribution in [0.3, 0.4) is 0 Å². The molecule has 0 aliphatic rings. The van der Waals surface area contributed by atoms with E-state index in [-0.39, 0.29) is 96.3 Å². The minimum atomic E-state index is -0.861. The number of carbonyl (C=O) groups is 7. The molecule has 0 saturated heterocycles. The second-order valence-corrected chi connectivity index (χ2v) is 21.5. The van der Waals surface area contributed by atoms with Gasteiger partial charge in [0.05, 0.1) is 13.2 Å². The van der Waals surface area contributed by atoms with E-state index in [9.17, 15) is 33.6 Å². The summed E-state index contributed by atoms with van der Waals surface area (Å²) in [7, 11) is 0. The molecule has 8 aromatic carbocycles. The van der Waals surface area contributed by atoms with Gasteiger partial charge in [0.2, 0.25) is 0 Å². The summed E-state index contributed by atoms with van der Waals surface area (Å²) in [5.41, 5.74) is 5.27. The quantitative estimate of drug-likeness (QED) is 0.0115. The molecule has 0 aliphatic carbocycles. The van der Waals surface area contributed by atoms with E-state index in [1.807, 2.05) is 70.5 Å². The van der Waals surface area contributed by atoms with Crippen LogP contribution in [0.4, 0.5) is 0 Å². The van der Waals surface area contributed by atoms with Crippen molar-refractivity contribution in [2.24, 2.45) is 0 Å². The Morgan fingerprint density at radius 1 is 0.348 bits per heavy atom. The number of rotatable bonds is 40. The Kier molecular flexibility index (Phi) is 26.8. The van der Waals surface area contributed by atoms with Gasteiger partial charge in [0.25, 0.3) is 12.9 Å². The first-order valence-electron chi connectivity index (χ1n) is 30.2. The third-order valence-corrected chi connectivity index (χ3v) is 14.5. The summed E-state index contributed by atoms with van der Waals surface area (Å²) in [6.45, 7) is 3.96. The van der Waals surface area contributed by atoms with Crippen LogP contribution in [-0.2, 0) is 49.3 Å². The second-order valence-electron chi connectivity index (χ2n) is 21.5. The van der Waals surface area contributed by atoms with Crippen LogP contribution in [0, 0.1) is 0 Å². The van der Waals surface area contributed by atoms with Gasteiger partial charge in [-0.25, -0.2) is 0 Å². The monoisotopic (exact) mass is 1250 g/mol. The van der Waals surface area contributed by atoms with E-state index in [2.05, 4.69) is 12.1 Å². The smallest absolute Gasteiger partial charge is 0.303 e. The van der Waals surface area contributed by atoms with E-state index in [1.165, 1.54) is 19.4 Å². The van der Waals surface area contributed by atoms with Gasteiger partial charge < -0.3 is 42.6 Å². The molecule has 18 heteroatoms. The standard InChI is InChI=1S/C74H74N2O16/c1-54(79)91-70(50-87-66-35-27-62(28-36-66)73(82)59-19-11-5-12-20-59)46-75(44-68(89-52-77)48-85-64-31-23-57(24-32-64)43-56-15-7-3-8-16-56)39-41-84-42-40-76(45-69(90-53-78)49-86-65-33-25-61(26-34-65)72(81)58-17-9-4-10-18-58)47-71(92-55(2)80)51-88-67-37-29-63(30-38-67)74(83)60-21-13-6-14-22-60/h3-38,52-53,68-71H,39-51H2,1-2H3. The summed E-state index contributed by atoms with van der Waals surface area (Å²) >= 11 is 0. The molecule has 476 valence electrons. The van der Waals surface area contributed by atoms with E-state index in [4.69, 9.17) is 42.6 Å². The van der Waals surface area contributed by atoms with E-state index in [0.717, 1.165) is 12.0 Å². The fourth-order valence-corrected chi connectivity index (χ4v) is 9.97. The Labute approximate surface area is 535 Å². The first-order valence-corrected chi connectivity index (χ1v) is 30.2. The Morgan fingerprint density at radius 3 is 0.935 bits per heavy atom. The molecular formula is C74H74N2O16. The van der Waals surface area contributed by atoms with Crippen LogP contribution >= 0.6 is 0 Å². The minimum absolute atomic E-state index is 0.0225. The van der Waals surface area contributed by atoms with Crippen molar-refractivity contribution in [2.45, 2.75) is 44.7 Å². The Hall–Kier alpha value is -10.3. The van der Waals surface area contributed by atoms with Crippen molar-refractivity contribution >= 4 is 42.2 Å². The van der Waals surface area contributed by atoms with E-state index < -0.39 is 36.4 Å². The van der Waals surface area contributed by atoms with Crippen LogP contribution in [0.5, 0.6) is 23.0 Å². The fraction of sp³-hybridized carbons (Fsp3) is 0.257. The summed E-state index contributed by atoms with van der Waals surface area (Å²) in [4.78, 5) is 92.7. The number of carbonyl (C=O) groups excluding carboxylic acids is 7. The molecule has 0 radical (unpaired) electrons. The van der Waals surface area contributed by atoms with Gasteiger partial charge in [-0.15, -0.1) is 0 Å². The van der Waals surface area contributed by atoms with Crippen LogP contribution in [0.2, 0.25) is 0 Å². The van der Waals surface area contributed by atoms with Gasteiger partial charge in [0.1, 0.15) is 73.8 Å². The van der Waals surface area contributed by atoms with Crippen molar-refractivity contribution in [2.75, 3.05) is 78.9 Å². The molecule has 8 rings (SSSR count). The molecule has 0 spiro atoms. The average molecular weight is 1250 g/mol. The van der Waals surface area contributed by atoms with Gasteiger partial charge in [-0.2, -0.15) is 0 Å². The van der Waals surface area contributed by atoms with Gasteiger partial charge in [-0.3, -0.25) is 43.4 Å². The number of benzene rings is 8. The number of hydrogen-bond donors (Lipinski definition) is 0. The number of ketones is 3. The van der Waals surface area contributed by atoms with Crippen molar-refractivity contribution < 1.29 is 76.2 Å². The maximum Gasteiger partial charge on any atom is 0.303 e. The SMILES string of the molecule is CC(=O)OC(COc1ccc(C(=O)c2ccccc2)cc1)CN(CCOCCN(CC(COc1ccc(C(=O)c2ccccc2)cc1)OC=O)CC(COc1ccc(C(=O)c2ccccc2)cc1)OC(C)=O)CC(COc1ccc(Cc2ccccc2)cc1)OC=O. The molecule has 0 aromatic heterocycles. The van der Waals surface area contributed by atoms with Crippen molar-refractivity contribution in [1.82, 2.24) is 9.80 Å². The maximum absolute atomic E-state index is 13.1. The number of ether oxygens (including phenoxy) is 9. The highest BCUT2D eigenvalue weighted by Gasteiger charge is 2.26. The Morgan fingerprint density at radius 2 is 0.620 bits per heavy atom. The Balaban J connectivity index is 0.958. The largest absolute Gasteiger partial charge is 0.490 e. The summed E-state index contributed by atoms with van der Waals surface area (Å²) in [6, 6.07) is 64.4. The van der Waals surface area contributed by atoms with Gasteiger partial charge in [0.15, 0.2) is 17.3 Å². The zero-order valence-electron chi connectivity index (χ0n) is 51.4. The van der Waals surface area contributed by atoms with Crippen LogP contribution in [-0.4, -0.2) is 155 Å². The second kappa shape index (κ2) is 36.4. The predicted molar refractivity (Wildman–Crippen MR) is 343 cm³/mol. The predicted octanol–water partition coefficient (Wildman–Crippen LogP) is 10.2. The molecule has 0 saturated carbocycles. The van der Waals surface area contributed by atoms with Gasteiger partial charge in [-0.05, 0) is 102 Å². The highest BCUT2D eigenvalue weighted by Crippen LogP contribution is 2.22. The molecule has 8 aromatic rings. The van der Waals surface area contributed by atoms with Crippen molar-refractivity contribution in [3.05, 3.63) is 263 Å². The molecule has 18 nitrogen and oxygen atoms in total. The summed E-state index contributed by atoms with van der Waals surface area (Å²) in [6.07, 6.45) is -2.63. The fourth-order valence-electron chi connectivity index (χ4n) is 9.97. The molecular weight excluding hydrogens is 1170 g/mol. The molecule has 4 unspecified atom stereocenters. The lowest BCUT2D eigenvalue weighted by Crippen LogP contribution is -2.46. The van der Waals surface area contributed by atoms with Gasteiger partial charge in [0, 0.05) is 86.5 Å². The van der Waals surface area contributed by atoms with Crippen LogP contribution in [0.1, 0.15) is 72.7 Å². The van der Waals surface area contributed by atoms with E-state index >= 15 is 0 Å². The highest BCUT2D eigenvalue weighted by atomic mass is 16.6. The summed E-state index contributed by atoms with van der Waals surface area (Å²) in [5, 5.41) is 0. The topological polar surface area (TPSA) is 209 Å². The molecule has 0 fully saturated rings. The zero-order chi connectivity index (χ0) is 64.7. The van der Waals surface area contributed by atoms with Crippen LogP contribution in [0.15, 0.2) is 218 Å². The minimum Gasteiger partial charge on any atom is -0.490 e. The number of nitrogens with zero attached hydrogens (tertiary/aromatic N) is 2. The highest BCUT2D eigenvalue weighted by molar-refractivity contribution is 6.10. The van der Waals surface area contributed by atoms with Crippen LogP contribution < -0.4 is 18.9 Å². The van der Waals surface area contributed by atoms with Crippen molar-refractivity contribution in [1.29, 1.82) is 0 Å². The molecule has 0 aliphatic heterocycles. The van der Waals surface area contributed by atoms with Crippen molar-refractivity contribution in [3.8, 4) is 23.0 Å². The Bertz CT molecular complexity index is 3560. The molecule has 0 bridgehead atoms. The lowest BCUT2D eigenvalue weighted by Gasteiger charge is -2.31. The third kappa shape index (κ3) is 22.6. The normalized spacial score (nSPS) is 12.3. The number of hydrogen-bond acceptors (Lipinski definition) is 18. The number of esters is 2. The maximum atomic E-state index is 13.1. The summed E-state index contributed by atoms with van der Waals surface area (Å²) in [5.74, 6) is 0.264. The summed E-state index contributed by atoms with van der Waals surface area (Å²) < 4.78 is 53.8. The lowest BCUT2D eigenvalue weighted by atomic mass is 10.0. The van der Waals surface area contributed by atoms with E-state index in [1.54, 1.807) is 146 Å². The molecule has 0 amide bonds. The van der Waals surface area contributed by atoms with E-state index in [0.29, 0.717) is 69.3 Å². The average Bonchev–Trinajstić information content (AvgIpc) is 3.45. The molecule has 92 heavy (non-hydrogen) atoms. The molecule has 0 N–H and O–H groups in total. The lowest BCUT2D eigenvalue weighted by molar-refractivity contribution is -0.150. The molecule has 0 heterocycles. The zero-order valence-corrected chi connectivity index (χ0v) is 51.4. The van der Waals surface area contributed by atoms with Gasteiger partial charge >= 0.3 is 11.9 Å².